The van der Waals surface area contributed by atoms with Crippen LogP contribution >= 0.6 is 0 Å². The van der Waals surface area contributed by atoms with E-state index in [1.807, 2.05) is 5.32 Å². The maximum Gasteiger partial charge on any atom is 0.283 e. The molecular weight excluding hydrogens is 227 g/mol. The molecule has 1 aromatic heterocycles. The van der Waals surface area contributed by atoms with Crippen molar-refractivity contribution < 1.29 is 22.7 Å². The van der Waals surface area contributed by atoms with Gasteiger partial charge in [-0.2, -0.15) is 5.10 Å². The van der Waals surface area contributed by atoms with E-state index >= 15 is 0 Å². The molecule has 2 N–H and O–H groups in total. The van der Waals surface area contributed by atoms with E-state index in [0.717, 1.165) is 6.20 Å². The number of carbonyl (C=O) groups is 1. The van der Waals surface area contributed by atoms with Crippen LogP contribution in [0.15, 0.2) is 18.6 Å². The Labute approximate surface area is 88.3 Å². The maximum atomic E-state index is 12.3. The number of H-pyrrole nitrogens is 1. The van der Waals surface area contributed by atoms with Crippen molar-refractivity contribution in [3.8, 4) is 5.88 Å². The van der Waals surface area contributed by atoms with E-state index in [9.17, 15) is 18.0 Å². The van der Waals surface area contributed by atoms with Crippen LogP contribution in [0.25, 0.3) is 0 Å². The molecule has 0 aromatic carbocycles. The third-order valence-electron chi connectivity index (χ3n) is 1.45. The van der Waals surface area contributed by atoms with Crippen molar-refractivity contribution in [2.45, 2.75) is 6.43 Å². The Kier molecular flexibility index (Phi) is 3.92. The maximum absolute atomic E-state index is 12.3. The number of carbonyl (C=O) groups excluding carboxylic acids is 1. The lowest BCUT2D eigenvalue weighted by Crippen LogP contribution is -2.13. The minimum Gasteiger partial charge on any atom is -0.470 e. The summed E-state index contributed by atoms with van der Waals surface area (Å²) in [5.74, 6) is -2.47. The fourth-order valence-electron chi connectivity index (χ4n) is 0.810. The Bertz CT molecular complexity index is 392. The van der Waals surface area contributed by atoms with E-state index in [2.05, 4.69) is 21.5 Å². The summed E-state index contributed by atoms with van der Waals surface area (Å²) in [6.07, 6.45) is -1.57. The van der Waals surface area contributed by atoms with Crippen molar-refractivity contribution in [2.24, 2.45) is 0 Å². The molecule has 0 aliphatic heterocycles. The van der Waals surface area contributed by atoms with E-state index in [-0.39, 0.29) is 11.6 Å². The van der Waals surface area contributed by atoms with Gasteiger partial charge in [0, 0.05) is 0 Å². The number of halogens is 3. The van der Waals surface area contributed by atoms with Gasteiger partial charge in [-0.05, 0) is 0 Å². The highest BCUT2D eigenvalue weighted by Gasteiger charge is 2.13. The van der Waals surface area contributed by atoms with Crippen LogP contribution in [-0.2, 0) is 4.79 Å². The van der Waals surface area contributed by atoms with Crippen molar-refractivity contribution in [3.05, 3.63) is 18.6 Å². The third kappa shape index (κ3) is 3.30. The van der Waals surface area contributed by atoms with Gasteiger partial charge in [0.05, 0.1) is 6.20 Å². The number of alkyl halides is 2. The van der Waals surface area contributed by atoms with E-state index in [0.29, 0.717) is 0 Å². The van der Waals surface area contributed by atoms with Gasteiger partial charge in [-0.15, -0.1) is 0 Å². The third-order valence-corrected chi connectivity index (χ3v) is 1.45. The lowest BCUT2D eigenvalue weighted by Gasteiger charge is -2.05. The van der Waals surface area contributed by atoms with Crippen LogP contribution in [0.3, 0.4) is 0 Å². The van der Waals surface area contributed by atoms with Gasteiger partial charge in [-0.1, -0.05) is 6.58 Å². The number of amides is 1. The first-order valence-electron chi connectivity index (χ1n) is 4.10. The van der Waals surface area contributed by atoms with Crippen molar-refractivity contribution in [1.82, 2.24) is 10.2 Å². The molecule has 1 heterocycles. The molecule has 0 saturated heterocycles. The molecule has 0 atom stereocenters. The second kappa shape index (κ2) is 5.19. The highest BCUT2D eigenvalue weighted by molar-refractivity contribution is 6.02. The fourth-order valence-corrected chi connectivity index (χ4v) is 0.810. The van der Waals surface area contributed by atoms with Gasteiger partial charge in [0.15, 0.2) is 12.4 Å². The van der Waals surface area contributed by atoms with Gasteiger partial charge in [-0.3, -0.25) is 4.79 Å². The Morgan fingerprint density at radius 1 is 1.69 bits per heavy atom. The zero-order valence-corrected chi connectivity index (χ0v) is 7.97. The van der Waals surface area contributed by atoms with E-state index in [4.69, 9.17) is 0 Å². The molecule has 16 heavy (non-hydrogen) atoms. The molecule has 1 amide bonds. The summed E-state index contributed by atoms with van der Waals surface area (Å²) < 4.78 is 40.6. The standard InChI is InChI=1S/C8H8F3N3O2/c1-4(9)7(15)13-5-2-12-14-8(5)16-3-6(10)11/h2,6H,1,3H2,(H,12,14)(H,13,15). The molecule has 0 aliphatic rings. The normalized spacial score (nSPS) is 10.2. The molecule has 0 aliphatic carbocycles. The lowest BCUT2D eigenvalue weighted by atomic mass is 10.4. The van der Waals surface area contributed by atoms with E-state index in [1.54, 1.807) is 0 Å². The first kappa shape index (κ1) is 12.1. The number of aromatic amines is 1. The number of nitrogens with one attached hydrogen (secondary N) is 2. The first-order chi connectivity index (χ1) is 7.50. The zero-order chi connectivity index (χ0) is 12.1. The van der Waals surface area contributed by atoms with Crippen LogP contribution in [0.5, 0.6) is 5.88 Å². The number of hydrogen-bond acceptors (Lipinski definition) is 3. The Morgan fingerprint density at radius 3 is 2.94 bits per heavy atom. The van der Waals surface area contributed by atoms with Crippen LogP contribution in [0.4, 0.5) is 18.9 Å². The molecule has 0 unspecified atom stereocenters. The quantitative estimate of drug-likeness (QED) is 0.759. The van der Waals surface area contributed by atoms with Gasteiger partial charge in [0.25, 0.3) is 12.3 Å². The Balaban J connectivity index is 2.63. The average molecular weight is 235 g/mol. The number of nitrogens with zero attached hydrogens (tertiary/aromatic N) is 1. The predicted molar refractivity (Wildman–Crippen MR) is 49.0 cm³/mol. The molecular formula is C8H8F3N3O2. The molecule has 0 fully saturated rings. The number of anilines is 1. The van der Waals surface area contributed by atoms with Crippen LogP contribution in [0.1, 0.15) is 0 Å². The van der Waals surface area contributed by atoms with E-state index in [1.165, 1.54) is 0 Å². The Hall–Kier alpha value is -1.99. The van der Waals surface area contributed by atoms with Crippen LogP contribution in [0.2, 0.25) is 0 Å². The van der Waals surface area contributed by atoms with E-state index < -0.39 is 24.8 Å². The summed E-state index contributed by atoms with van der Waals surface area (Å²) in [4.78, 5) is 10.9. The topological polar surface area (TPSA) is 67.0 Å². The lowest BCUT2D eigenvalue weighted by molar-refractivity contribution is -0.114. The van der Waals surface area contributed by atoms with Crippen LogP contribution < -0.4 is 10.1 Å². The van der Waals surface area contributed by atoms with Gasteiger partial charge >= 0.3 is 0 Å². The van der Waals surface area contributed by atoms with Crippen molar-refractivity contribution in [3.63, 3.8) is 0 Å². The number of aromatic nitrogens is 2. The highest BCUT2D eigenvalue weighted by atomic mass is 19.3. The van der Waals surface area contributed by atoms with Gasteiger partial charge in [-0.25, -0.2) is 18.3 Å². The molecule has 0 saturated carbocycles. The largest absolute Gasteiger partial charge is 0.470 e. The second-order valence-corrected chi connectivity index (χ2v) is 2.67. The minimum absolute atomic E-state index is 0.0375. The SMILES string of the molecule is C=C(F)C(=O)Nc1cn[nH]c1OCC(F)F. The van der Waals surface area contributed by atoms with Gasteiger partial charge in [0.2, 0.25) is 5.88 Å². The molecule has 0 radical (unpaired) electrons. The fraction of sp³-hybridized carbons (Fsp3) is 0.250. The van der Waals surface area contributed by atoms with Crippen molar-refractivity contribution >= 4 is 11.6 Å². The summed E-state index contributed by atoms with van der Waals surface area (Å²) in [7, 11) is 0. The second-order valence-electron chi connectivity index (χ2n) is 2.67. The molecule has 1 rings (SSSR count). The van der Waals surface area contributed by atoms with Crippen LogP contribution in [-0.4, -0.2) is 29.1 Å². The number of hydrogen-bond donors (Lipinski definition) is 2. The summed E-state index contributed by atoms with van der Waals surface area (Å²) in [6, 6.07) is 0. The molecule has 5 nitrogen and oxygen atoms in total. The summed E-state index contributed by atoms with van der Waals surface area (Å²) in [6.45, 7) is 1.91. The monoisotopic (exact) mass is 235 g/mol. The molecule has 88 valence electrons. The number of rotatable bonds is 5. The first-order valence-corrected chi connectivity index (χ1v) is 4.10. The minimum atomic E-state index is -2.66. The van der Waals surface area contributed by atoms with Crippen molar-refractivity contribution in [1.29, 1.82) is 0 Å². The van der Waals surface area contributed by atoms with Crippen LogP contribution in [0, 0.1) is 0 Å². The molecule has 1 aromatic rings. The molecule has 0 bridgehead atoms. The smallest absolute Gasteiger partial charge is 0.283 e. The van der Waals surface area contributed by atoms with Crippen molar-refractivity contribution in [2.75, 3.05) is 11.9 Å². The van der Waals surface area contributed by atoms with Gasteiger partial charge in [0.1, 0.15) is 5.69 Å². The molecule has 8 heteroatoms. The average Bonchev–Trinajstić information content (AvgIpc) is 2.62. The number of ether oxygens (including phenoxy) is 1. The zero-order valence-electron chi connectivity index (χ0n) is 7.97. The highest BCUT2D eigenvalue weighted by Crippen LogP contribution is 2.21. The van der Waals surface area contributed by atoms with Gasteiger partial charge < -0.3 is 10.1 Å². The molecule has 0 spiro atoms. The summed E-state index contributed by atoms with van der Waals surface area (Å²) >= 11 is 0. The predicted octanol–water partition coefficient (Wildman–Crippen LogP) is 1.48. The Morgan fingerprint density at radius 2 is 2.38 bits per heavy atom. The summed E-state index contributed by atoms with van der Waals surface area (Å²) in [5.41, 5.74) is -0.0375. The summed E-state index contributed by atoms with van der Waals surface area (Å²) in [5, 5.41) is 7.72.